The number of rotatable bonds is 4. The summed E-state index contributed by atoms with van der Waals surface area (Å²) in [6.07, 6.45) is 0.622. The van der Waals surface area contributed by atoms with Gasteiger partial charge in [-0.25, -0.2) is 4.39 Å². The minimum Gasteiger partial charge on any atom is -0.496 e. The van der Waals surface area contributed by atoms with Gasteiger partial charge in [0.25, 0.3) is 0 Å². The summed E-state index contributed by atoms with van der Waals surface area (Å²) in [5.74, 6) is 0.517. The highest BCUT2D eigenvalue weighted by Gasteiger charge is 2.08. The standard InChI is InChI=1S/C11H15FO2/c1-8(7-13)5-9-6-10(12)3-4-11(9)14-2/h3-4,6,8,13H,5,7H2,1-2H3. The Labute approximate surface area is 83.3 Å². The van der Waals surface area contributed by atoms with Crippen LogP contribution in [-0.4, -0.2) is 18.8 Å². The quantitative estimate of drug-likeness (QED) is 0.801. The topological polar surface area (TPSA) is 29.5 Å². The molecule has 0 saturated carbocycles. The summed E-state index contributed by atoms with van der Waals surface area (Å²) in [5.41, 5.74) is 0.800. The molecule has 0 saturated heterocycles. The lowest BCUT2D eigenvalue weighted by atomic mass is 10.0. The van der Waals surface area contributed by atoms with E-state index in [1.165, 1.54) is 12.1 Å². The normalized spacial score (nSPS) is 12.6. The molecule has 1 aromatic rings. The maximum absolute atomic E-state index is 12.9. The minimum absolute atomic E-state index is 0.0969. The first kappa shape index (κ1) is 11.0. The molecule has 0 aliphatic carbocycles. The van der Waals surface area contributed by atoms with E-state index < -0.39 is 0 Å². The molecule has 3 heteroatoms. The average molecular weight is 198 g/mol. The molecule has 1 aromatic carbocycles. The van der Waals surface area contributed by atoms with Gasteiger partial charge in [-0.05, 0) is 36.1 Å². The van der Waals surface area contributed by atoms with Gasteiger partial charge >= 0.3 is 0 Å². The van der Waals surface area contributed by atoms with Crippen molar-refractivity contribution in [2.24, 2.45) is 5.92 Å². The molecule has 0 aliphatic heterocycles. The first-order valence-corrected chi connectivity index (χ1v) is 4.60. The lowest BCUT2D eigenvalue weighted by Crippen LogP contribution is -2.06. The van der Waals surface area contributed by atoms with Crippen molar-refractivity contribution in [3.63, 3.8) is 0 Å². The van der Waals surface area contributed by atoms with Gasteiger partial charge in [0, 0.05) is 6.61 Å². The molecule has 0 fully saturated rings. The van der Waals surface area contributed by atoms with Crippen molar-refractivity contribution in [3.8, 4) is 5.75 Å². The lowest BCUT2D eigenvalue weighted by molar-refractivity contribution is 0.236. The van der Waals surface area contributed by atoms with Gasteiger partial charge in [0.2, 0.25) is 0 Å². The maximum atomic E-state index is 12.9. The van der Waals surface area contributed by atoms with E-state index in [2.05, 4.69) is 0 Å². The molecule has 2 nitrogen and oxygen atoms in total. The number of halogens is 1. The maximum Gasteiger partial charge on any atom is 0.123 e. The number of methoxy groups -OCH3 is 1. The first-order valence-electron chi connectivity index (χ1n) is 4.60. The predicted molar refractivity (Wildman–Crippen MR) is 52.9 cm³/mol. The van der Waals surface area contributed by atoms with Gasteiger partial charge in [0.1, 0.15) is 11.6 Å². The molecule has 1 atom stereocenters. The van der Waals surface area contributed by atoms with E-state index in [1.807, 2.05) is 6.92 Å². The number of benzene rings is 1. The van der Waals surface area contributed by atoms with Gasteiger partial charge in [-0.1, -0.05) is 6.92 Å². The van der Waals surface area contributed by atoms with E-state index in [0.717, 1.165) is 5.56 Å². The number of aliphatic hydroxyl groups is 1. The Morgan fingerprint density at radius 1 is 1.50 bits per heavy atom. The van der Waals surface area contributed by atoms with Gasteiger partial charge < -0.3 is 9.84 Å². The third kappa shape index (κ3) is 2.70. The monoisotopic (exact) mass is 198 g/mol. The minimum atomic E-state index is -0.272. The summed E-state index contributed by atoms with van der Waals surface area (Å²) in [7, 11) is 1.56. The fourth-order valence-corrected chi connectivity index (χ4v) is 1.35. The number of hydrogen-bond donors (Lipinski definition) is 1. The Kier molecular flexibility index (Phi) is 3.89. The third-order valence-corrected chi connectivity index (χ3v) is 2.12. The van der Waals surface area contributed by atoms with Crippen LogP contribution in [0.25, 0.3) is 0 Å². The Balaban J connectivity index is 2.87. The highest BCUT2D eigenvalue weighted by Crippen LogP contribution is 2.22. The van der Waals surface area contributed by atoms with Crippen molar-refractivity contribution in [1.82, 2.24) is 0 Å². The SMILES string of the molecule is COc1ccc(F)cc1CC(C)CO. The Morgan fingerprint density at radius 2 is 2.21 bits per heavy atom. The predicted octanol–water partition coefficient (Wildman–Crippen LogP) is 2.01. The van der Waals surface area contributed by atoms with Crippen molar-refractivity contribution in [1.29, 1.82) is 0 Å². The van der Waals surface area contributed by atoms with Gasteiger partial charge in [0.05, 0.1) is 7.11 Å². The second kappa shape index (κ2) is 4.96. The molecule has 0 amide bonds. The molecule has 78 valence electrons. The Morgan fingerprint density at radius 3 is 2.79 bits per heavy atom. The van der Waals surface area contributed by atoms with E-state index in [0.29, 0.717) is 12.2 Å². The van der Waals surface area contributed by atoms with Crippen LogP contribution in [0.15, 0.2) is 18.2 Å². The molecular weight excluding hydrogens is 183 g/mol. The van der Waals surface area contributed by atoms with Gasteiger partial charge in [-0.3, -0.25) is 0 Å². The third-order valence-electron chi connectivity index (χ3n) is 2.12. The number of hydrogen-bond acceptors (Lipinski definition) is 2. The summed E-state index contributed by atoms with van der Waals surface area (Å²) >= 11 is 0. The lowest BCUT2D eigenvalue weighted by Gasteiger charge is -2.11. The zero-order valence-corrected chi connectivity index (χ0v) is 8.46. The smallest absolute Gasteiger partial charge is 0.123 e. The summed E-state index contributed by atoms with van der Waals surface area (Å²) in [5, 5.41) is 8.89. The van der Waals surface area contributed by atoms with Crippen molar-refractivity contribution >= 4 is 0 Å². The van der Waals surface area contributed by atoms with Crippen molar-refractivity contribution in [3.05, 3.63) is 29.6 Å². The molecule has 1 rings (SSSR count). The van der Waals surface area contributed by atoms with Gasteiger partial charge in [0.15, 0.2) is 0 Å². The van der Waals surface area contributed by atoms with E-state index in [1.54, 1.807) is 13.2 Å². The van der Waals surface area contributed by atoms with E-state index in [-0.39, 0.29) is 18.3 Å². The van der Waals surface area contributed by atoms with Crippen LogP contribution in [0.3, 0.4) is 0 Å². The molecule has 0 aromatic heterocycles. The molecule has 0 aliphatic rings. The fourth-order valence-electron chi connectivity index (χ4n) is 1.35. The molecule has 14 heavy (non-hydrogen) atoms. The van der Waals surface area contributed by atoms with Crippen molar-refractivity contribution in [2.45, 2.75) is 13.3 Å². The number of aliphatic hydroxyl groups excluding tert-OH is 1. The summed E-state index contributed by atoms with van der Waals surface area (Å²) in [4.78, 5) is 0. The van der Waals surface area contributed by atoms with E-state index in [4.69, 9.17) is 9.84 Å². The van der Waals surface area contributed by atoms with Crippen LogP contribution < -0.4 is 4.74 Å². The van der Waals surface area contributed by atoms with Crippen molar-refractivity contribution in [2.75, 3.05) is 13.7 Å². The summed E-state index contributed by atoms with van der Waals surface area (Å²) in [6.45, 7) is 2.00. The average Bonchev–Trinajstić information content (AvgIpc) is 2.18. The fraction of sp³-hybridized carbons (Fsp3) is 0.455. The molecule has 0 spiro atoms. The van der Waals surface area contributed by atoms with Crippen LogP contribution in [0.1, 0.15) is 12.5 Å². The largest absolute Gasteiger partial charge is 0.496 e. The van der Waals surface area contributed by atoms with Crippen LogP contribution >= 0.6 is 0 Å². The van der Waals surface area contributed by atoms with Crippen molar-refractivity contribution < 1.29 is 14.2 Å². The summed E-state index contributed by atoms with van der Waals surface area (Å²) < 4.78 is 18.0. The van der Waals surface area contributed by atoms with Gasteiger partial charge in [-0.15, -0.1) is 0 Å². The van der Waals surface area contributed by atoms with Crippen LogP contribution in [0.4, 0.5) is 4.39 Å². The van der Waals surface area contributed by atoms with Crippen LogP contribution in [0, 0.1) is 11.7 Å². The second-order valence-electron chi connectivity index (χ2n) is 3.45. The molecule has 1 unspecified atom stereocenters. The Bertz CT molecular complexity index is 299. The molecule has 0 radical (unpaired) electrons. The highest BCUT2D eigenvalue weighted by atomic mass is 19.1. The van der Waals surface area contributed by atoms with Crippen LogP contribution in [-0.2, 0) is 6.42 Å². The highest BCUT2D eigenvalue weighted by molar-refractivity contribution is 5.34. The zero-order chi connectivity index (χ0) is 10.6. The van der Waals surface area contributed by atoms with Crippen LogP contribution in [0.5, 0.6) is 5.75 Å². The molecular formula is C11H15FO2. The Hall–Kier alpha value is -1.09. The van der Waals surface area contributed by atoms with Gasteiger partial charge in [-0.2, -0.15) is 0 Å². The molecule has 0 heterocycles. The van der Waals surface area contributed by atoms with E-state index >= 15 is 0 Å². The summed E-state index contributed by atoms with van der Waals surface area (Å²) in [6, 6.07) is 4.42. The molecule has 0 bridgehead atoms. The van der Waals surface area contributed by atoms with E-state index in [9.17, 15) is 4.39 Å². The molecule has 1 N–H and O–H groups in total. The van der Waals surface area contributed by atoms with Crippen LogP contribution in [0.2, 0.25) is 0 Å². The zero-order valence-electron chi connectivity index (χ0n) is 8.46. The second-order valence-corrected chi connectivity index (χ2v) is 3.45. The first-order chi connectivity index (χ1) is 6.67. The number of ether oxygens (including phenoxy) is 1.